The van der Waals surface area contributed by atoms with E-state index in [1.165, 1.54) is 6.07 Å². The van der Waals surface area contributed by atoms with Crippen molar-refractivity contribution in [2.45, 2.75) is 6.42 Å². The van der Waals surface area contributed by atoms with E-state index in [9.17, 15) is 4.39 Å². The lowest BCUT2D eigenvalue weighted by atomic mass is 10.2. The molecule has 2 rings (SSSR count). The fourth-order valence-electron chi connectivity index (χ4n) is 1.39. The van der Waals surface area contributed by atoms with Crippen molar-refractivity contribution in [1.29, 1.82) is 0 Å². The summed E-state index contributed by atoms with van der Waals surface area (Å²) in [5.74, 6) is 0.378. The summed E-state index contributed by atoms with van der Waals surface area (Å²) in [5, 5.41) is 1.71. The zero-order valence-electron chi connectivity index (χ0n) is 8.04. The first-order chi connectivity index (χ1) is 7.31. The molecule has 15 heavy (non-hydrogen) atoms. The van der Waals surface area contributed by atoms with Gasteiger partial charge in [0.1, 0.15) is 5.76 Å². The number of rotatable bonds is 3. The number of alkyl halides is 1. The van der Waals surface area contributed by atoms with Gasteiger partial charge < -0.3 is 4.42 Å². The third-order valence-electron chi connectivity index (χ3n) is 2.07. The van der Waals surface area contributed by atoms with Gasteiger partial charge in [0.2, 0.25) is 0 Å². The smallest absolute Gasteiger partial charge is 0.170 e. The average molecular weight is 269 g/mol. The highest BCUT2D eigenvalue weighted by Gasteiger charge is 2.05. The van der Waals surface area contributed by atoms with Crippen LogP contribution in [0.5, 0.6) is 0 Å². The van der Waals surface area contributed by atoms with E-state index >= 15 is 0 Å². The van der Waals surface area contributed by atoms with Gasteiger partial charge in [-0.15, -0.1) is 0 Å². The van der Waals surface area contributed by atoms with Crippen LogP contribution in [0.1, 0.15) is 12.2 Å². The van der Waals surface area contributed by atoms with Crippen molar-refractivity contribution in [2.75, 3.05) is 5.33 Å². The molecule has 0 amide bonds. The van der Waals surface area contributed by atoms with Crippen molar-refractivity contribution < 1.29 is 8.81 Å². The van der Waals surface area contributed by atoms with Crippen LogP contribution in [0.15, 0.2) is 34.8 Å². The third-order valence-corrected chi connectivity index (χ3v) is 2.53. The van der Waals surface area contributed by atoms with E-state index in [0.29, 0.717) is 11.3 Å². The number of hydrogen-bond donors (Lipinski definition) is 0. The summed E-state index contributed by atoms with van der Waals surface area (Å²) in [6.45, 7) is 0. The molecule has 0 N–H and O–H groups in total. The molecule has 0 spiro atoms. The SMILES string of the molecule is Fc1cccc2cc(/C=C/CCBr)oc12. The van der Waals surface area contributed by atoms with Crippen molar-refractivity contribution in [2.24, 2.45) is 0 Å². The second-order valence-corrected chi connectivity index (χ2v) is 3.98. The zero-order chi connectivity index (χ0) is 10.7. The lowest BCUT2D eigenvalue weighted by molar-refractivity contribution is 0.554. The number of fused-ring (bicyclic) bond motifs is 1. The number of furan rings is 1. The summed E-state index contributed by atoms with van der Waals surface area (Å²) in [4.78, 5) is 0. The Morgan fingerprint density at radius 1 is 1.40 bits per heavy atom. The van der Waals surface area contributed by atoms with Crippen LogP contribution in [-0.4, -0.2) is 5.33 Å². The molecule has 1 aromatic carbocycles. The Balaban J connectivity index is 2.35. The minimum Gasteiger partial charge on any atom is -0.454 e. The molecule has 1 nitrogen and oxygen atoms in total. The normalized spacial score (nSPS) is 11.6. The van der Waals surface area contributed by atoms with Crippen LogP contribution in [0.4, 0.5) is 4.39 Å². The Labute approximate surface area is 95.7 Å². The monoisotopic (exact) mass is 268 g/mol. The van der Waals surface area contributed by atoms with Gasteiger partial charge in [-0.25, -0.2) is 4.39 Å². The largest absolute Gasteiger partial charge is 0.454 e. The molecular formula is C12H10BrFO. The van der Waals surface area contributed by atoms with Gasteiger partial charge in [-0.05, 0) is 24.6 Å². The van der Waals surface area contributed by atoms with E-state index in [4.69, 9.17) is 4.42 Å². The second kappa shape index (κ2) is 4.62. The molecule has 0 fully saturated rings. The van der Waals surface area contributed by atoms with Crippen LogP contribution in [0, 0.1) is 5.82 Å². The Bertz CT molecular complexity index is 487. The van der Waals surface area contributed by atoms with Crippen molar-refractivity contribution in [1.82, 2.24) is 0 Å². The highest BCUT2D eigenvalue weighted by molar-refractivity contribution is 9.09. The van der Waals surface area contributed by atoms with Crippen LogP contribution in [0.3, 0.4) is 0 Å². The van der Waals surface area contributed by atoms with Gasteiger partial charge >= 0.3 is 0 Å². The molecule has 1 heterocycles. The van der Waals surface area contributed by atoms with Crippen molar-refractivity contribution in [3.05, 3.63) is 41.9 Å². The predicted octanol–water partition coefficient (Wildman–Crippen LogP) is 4.37. The van der Waals surface area contributed by atoms with Gasteiger partial charge in [0.15, 0.2) is 11.4 Å². The van der Waals surface area contributed by atoms with Gasteiger partial charge in [0.05, 0.1) is 0 Å². The standard InChI is InChI=1S/C12H10BrFO/c13-7-2-1-5-10-8-9-4-3-6-11(14)12(9)15-10/h1,3-6,8H,2,7H2/b5-1+. The molecule has 2 aromatic rings. The molecule has 0 aliphatic heterocycles. The van der Waals surface area contributed by atoms with E-state index < -0.39 is 0 Å². The molecule has 0 aliphatic rings. The molecule has 0 aliphatic carbocycles. The van der Waals surface area contributed by atoms with Gasteiger partial charge in [-0.1, -0.05) is 34.1 Å². The summed E-state index contributed by atoms with van der Waals surface area (Å²) in [6.07, 6.45) is 4.78. The molecule has 0 atom stereocenters. The maximum atomic E-state index is 13.3. The highest BCUT2D eigenvalue weighted by atomic mass is 79.9. The van der Waals surface area contributed by atoms with Crippen LogP contribution in [0.2, 0.25) is 0 Å². The number of benzene rings is 1. The average Bonchev–Trinajstić information content (AvgIpc) is 2.63. The first-order valence-corrected chi connectivity index (χ1v) is 5.84. The Morgan fingerprint density at radius 2 is 2.27 bits per heavy atom. The quantitative estimate of drug-likeness (QED) is 0.754. The van der Waals surface area contributed by atoms with Crippen LogP contribution < -0.4 is 0 Å². The summed E-state index contributed by atoms with van der Waals surface area (Å²) < 4.78 is 18.6. The Hall–Kier alpha value is -1.09. The maximum Gasteiger partial charge on any atom is 0.170 e. The topological polar surface area (TPSA) is 13.1 Å². The third kappa shape index (κ3) is 2.29. The van der Waals surface area contributed by atoms with Gasteiger partial charge in [-0.3, -0.25) is 0 Å². The lowest BCUT2D eigenvalue weighted by Crippen LogP contribution is -1.70. The molecule has 0 unspecified atom stereocenters. The van der Waals surface area contributed by atoms with E-state index in [1.54, 1.807) is 6.07 Å². The van der Waals surface area contributed by atoms with Crippen LogP contribution in [0.25, 0.3) is 17.0 Å². The van der Waals surface area contributed by atoms with Crippen molar-refractivity contribution in [3.8, 4) is 0 Å². The molecule has 0 radical (unpaired) electrons. The number of hydrogen-bond acceptors (Lipinski definition) is 1. The molecule has 1 aromatic heterocycles. The van der Waals surface area contributed by atoms with Crippen molar-refractivity contribution in [3.63, 3.8) is 0 Å². The highest BCUT2D eigenvalue weighted by Crippen LogP contribution is 2.22. The van der Waals surface area contributed by atoms with Crippen LogP contribution in [-0.2, 0) is 0 Å². The second-order valence-electron chi connectivity index (χ2n) is 3.19. The van der Waals surface area contributed by atoms with Gasteiger partial charge in [0, 0.05) is 10.7 Å². The maximum absolute atomic E-state index is 13.3. The van der Waals surface area contributed by atoms with E-state index in [-0.39, 0.29) is 5.82 Å². The summed E-state index contributed by atoms with van der Waals surface area (Å²) in [7, 11) is 0. The number of allylic oxidation sites excluding steroid dienone is 1. The first-order valence-electron chi connectivity index (χ1n) is 4.72. The summed E-state index contributed by atoms with van der Waals surface area (Å²) >= 11 is 3.33. The fourth-order valence-corrected chi connectivity index (χ4v) is 1.66. The fraction of sp³-hybridized carbons (Fsp3) is 0.167. The molecule has 3 heteroatoms. The molecular weight excluding hydrogens is 259 g/mol. The lowest BCUT2D eigenvalue weighted by Gasteiger charge is -1.88. The van der Waals surface area contributed by atoms with Gasteiger partial charge in [-0.2, -0.15) is 0 Å². The minimum atomic E-state index is -0.312. The van der Waals surface area contributed by atoms with E-state index in [0.717, 1.165) is 17.1 Å². The van der Waals surface area contributed by atoms with E-state index in [1.807, 2.05) is 24.3 Å². The summed E-state index contributed by atoms with van der Waals surface area (Å²) in [5.41, 5.74) is 0.330. The number of halogens is 2. The molecule has 78 valence electrons. The van der Waals surface area contributed by atoms with E-state index in [2.05, 4.69) is 15.9 Å². The Morgan fingerprint density at radius 3 is 3.00 bits per heavy atom. The molecule has 0 saturated carbocycles. The number of para-hydroxylation sites is 1. The zero-order valence-corrected chi connectivity index (χ0v) is 9.63. The molecule has 0 saturated heterocycles. The molecule has 0 bridgehead atoms. The minimum absolute atomic E-state index is 0.312. The Kier molecular flexibility index (Phi) is 3.21. The van der Waals surface area contributed by atoms with Crippen LogP contribution >= 0.6 is 15.9 Å². The predicted molar refractivity (Wildman–Crippen MR) is 63.6 cm³/mol. The van der Waals surface area contributed by atoms with Gasteiger partial charge in [0.25, 0.3) is 0 Å². The van der Waals surface area contributed by atoms with Crippen molar-refractivity contribution >= 4 is 33.0 Å². The summed E-state index contributed by atoms with van der Waals surface area (Å²) in [6, 6.07) is 6.75. The first kappa shape index (κ1) is 10.4.